The molecule has 0 aliphatic carbocycles. The van der Waals surface area contributed by atoms with Crippen LogP contribution < -0.4 is 10.6 Å². The fraction of sp³-hybridized carbons (Fsp3) is 0.250. The zero-order valence-corrected chi connectivity index (χ0v) is 11.8. The number of benzene rings is 1. The van der Waals surface area contributed by atoms with Crippen molar-refractivity contribution in [3.8, 4) is 0 Å². The molecule has 3 rings (SSSR count). The van der Waals surface area contributed by atoms with Crippen molar-refractivity contribution in [2.24, 2.45) is 5.73 Å². The van der Waals surface area contributed by atoms with Crippen molar-refractivity contribution in [1.29, 1.82) is 5.41 Å². The van der Waals surface area contributed by atoms with E-state index in [2.05, 4.69) is 34.1 Å². The highest BCUT2D eigenvalue weighted by Gasteiger charge is 2.23. The number of anilines is 1. The van der Waals surface area contributed by atoms with Crippen LogP contribution in [0.25, 0.3) is 0 Å². The van der Waals surface area contributed by atoms with Crippen LogP contribution in [-0.2, 0) is 13.1 Å². The molecule has 1 aliphatic rings. The van der Waals surface area contributed by atoms with Gasteiger partial charge in [-0.2, -0.15) is 0 Å². The van der Waals surface area contributed by atoms with E-state index >= 15 is 0 Å². The number of nitrogens with one attached hydrogen (secondary N) is 1. The third-order valence-electron chi connectivity index (χ3n) is 3.76. The zero-order valence-electron chi connectivity index (χ0n) is 11.8. The molecular weight excluding hydrogens is 248 g/mol. The number of rotatable bonds is 2. The normalized spacial score (nSPS) is 13.4. The van der Waals surface area contributed by atoms with Gasteiger partial charge in [0.2, 0.25) is 0 Å². The molecule has 2 heterocycles. The molecule has 0 fully saturated rings. The van der Waals surface area contributed by atoms with Crippen LogP contribution in [0, 0.1) is 19.3 Å². The van der Waals surface area contributed by atoms with Crippen LogP contribution >= 0.6 is 0 Å². The second kappa shape index (κ2) is 4.63. The summed E-state index contributed by atoms with van der Waals surface area (Å²) in [4.78, 5) is 6.70. The predicted molar refractivity (Wildman–Crippen MR) is 81.1 cm³/mol. The summed E-state index contributed by atoms with van der Waals surface area (Å²) < 4.78 is 0. The van der Waals surface area contributed by atoms with Crippen LogP contribution in [0.1, 0.15) is 28.1 Å². The fourth-order valence-electron chi connectivity index (χ4n) is 2.89. The number of fused-ring (bicyclic) bond motifs is 1. The Labute approximate surface area is 118 Å². The van der Waals surface area contributed by atoms with E-state index in [-0.39, 0.29) is 5.84 Å². The first-order chi connectivity index (χ1) is 9.56. The number of nitrogens with two attached hydrogens (primary N) is 1. The number of nitrogen functional groups attached to an aromatic ring is 1. The summed E-state index contributed by atoms with van der Waals surface area (Å²) >= 11 is 0. The minimum atomic E-state index is 0.0842. The molecule has 4 heteroatoms. The van der Waals surface area contributed by atoms with Crippen molar-refractivity contribution >= 4 is 11.5 Å². The minimum absolute atomic E-state index is 0.0842. The number of aromatic nitrogens is 1. The molecule has 0 saturated heterocycles. The number of pyridine rings is 1. The van der Waals surface area contributed by atoms with Crippen LogP contribution in [0.3, 0.4) is 0 Å². The molecule has 0 unspecified atom stereocenters. The van der Waals surface area contributed by atoms with Crippen molar-refractivity contribution < 1.29 is 0 Å². The van der Waals surface area contributed by atoms with Gasteiger partial charge in [0.25, 0.3) is 0 Å². The van der Waals surface area contributed by atoms with E-state index < -0.39 is 0 Å². The van der Waals surface area contributed by atoms with Crippen molar-refractivity contribution in [3.63, 3.8) is 0 Å². The Kier molecular flexibility index (Phi) is 2.93. The van der Waals surface area contributed by atoms with Crippen molar-refractivity contribution in [3.05, 3.63) is 58.4 Å². The lowest BCUT2D eigenvalue weighted by molar-refractivity contribution is 0.871. The van der Waals surface area contributed by atoms with E-state index in [0.717, 1.165) is 35.7 Å². The highest BCUT2D eigenvalue weighted by Crippen LogP contribution is 2.31. The van der Waals surface area contributed by atoms with Crippen LogP contribution in [0.5, 0.6) is 0 Å². The molecule has 102 valence electrons. The van der Waals surface area contributed by atoms with Gasteiger partial charge in [0.1, 0.15) is 5.84 Å². The molecule has 0 bridgehead atoms. The predicted octanol–water partition coefficient (Wildman–Crippen LogP) is 2.50. The van der Waals surface area contributed by atoms with E-state index in [4.69, 9.17) is 11.1 Å². The first kappa shape index (κ1) is 12.7. The maximum Gasteiger partial charge on any atom is 0.126 e. The van der Waals surface area contributed by atoms with Gasteiger partial charge in [-0.25, -0.2) is 0 Å². The van der Waals surface area contributed by atoms with E-state index in [1.807, 2.05) is 19.9 Å². The third kappa shape index (κ3) is 2.03. The summed E-state index contributed by atoms with van der Waals surface area (Å²) in [5.74, 6) is 0.0842. The van der Waals surface area contributed by atoms with Gasteiger partial charge >= 0.3 is 0 Å². The fourth-order valence-corrected chi connectivity index (χ4v) is 2.89. The average Bonchev–Trinajstić information content (AvgIpc) is 2.80. The number of hydrogen-bond donors (Lipinski definition) is 2. The van der Waals surface area contributed by atoms with E-state index in [0.29, 0.717) is 0 Å². The minimum Gasteiger partial charge on any atom is -0.384 e. The van der Waals surface area contributed by atoms with Gasteiger partial charge in [0.05, 0.1) is 16.9 Å². The molecule has 0 amide bonds. The van der Waals surface area contributed by atoms with Gasteiger partial charge in [0.15, 0.2) is 0 Å². The van der Waals surface area contributed by atoms with Gasteiger partial charge in [-0.15, -0.1) is 0 Å². The Morgan fingerprint density at radius 1 is 1.20 bits per heavy atom. The standard InChI is InChI=1S/C16H18N4/c1-10-7-14(15(16(17)18)11(2)19-10)20-8-12-5-3-4-6-13(12)9-20/h3-7H,8-9H2,1-2H3,(H3,17,18). The highest BCUT2D eigenvalue weighted by molar-refractivity contribution is 6.01. The maximum atomic E-state index is 7.82. The molecule has 0 saturated carbocycles. The quantitative estimate of drug-likeness (QED) is 0.648. The lowest BCUT2D eigenvalue weighted by Crippen LogP contribution is -2.23. The van der Waals surface area contributed by atoms with Crippen LogP contribution in [0.4, 0.5) is 5.69 Å². The maximum absolute atomic E-state index is 7.82. The summed E-state index contributed by atoms with van der Waals surface area (Å²) in [7, 11) is 0. The van der Waals surface area contributed by atoms with Crippen molar-refractivity contribution in [2.75, 3.05) is 4.90 Å². The molecule has 1 aromatic carbocycles. The van der Waals surface area contributed by atoms with Gasteiger partial charge < -0.3 is 10.6 Å². The molecule has 1 aliphatic heterocycles. The molecule has 0 spiro atoms. The summed E-state index contributed by atoms with van der Waals surface area (Å²) in [6, 6.07) is 10.5. The van der Waals surface area contributed by atoms with Gasteiger partial charge in [-0.1, -0.05) is 24.3 Å². The van der Waals surface area contributed by atoms with Crippen molar-refractivity contribution in [2.45, 2.75) is 26.9 Å². The Balaban J connectivity index is 2.06. The van der Waals surface area contributed by atoms with Gasteiger partial charge in [0, 0.05) is 18.8 Å². The van der Waals surface area contributed by atoms with Gasteiger partial charge in [-0.05, 0) is 31.0 Å². The topological polar surface area (TPSA) is 66.0 Å². The Morgan fingerprint density at radius 2 is 1.80 bits per heavy atom. The van der Waals surface area contributed by atoms with Crippen LogP contribution in [0.2, 0.25) is 0 Å². The smallest absolute Gasteiger partial charge is 0.126 e. The molecule has 0 radical (unpaired) electrons. The number of amidine groups is 1. The lowest BCUT2D eigenvalue weighted by Gasteiger charge is -2.22. The van der Waals surface area contributed by atoms with Gasteiger partial charge in [-0.3, -0.25) is 10.4 Å². The largest absolute Gasteiger partial charge is 0.384 e. The number of aryl methyl sites for hydroxylation is 2. The third-order valence-corrected chi connectivity index (χ3v) is 3.76. The van der Waals surface area contributed by atoms with Crippen LogP contribution in [-0.4, -0.2) is 10.8 Å². The van der Waals surface area contributed by atoms with Crippen LogP contribution in [0.15, 0.2) is 30.3 Å². The number of hydrogen-bond acceptors (Lipinski definition) is 3. The lowest BCUT2D eigenvalue weighted by atomic mass is 10.1. The SMILES string of the molecule is Cc1cc(N2Cc3ccccc3C2)c(C(=N)N)c(C)n1. The Bertz CT molecular complexity index is 666. The molecule has 3 N–H and O–H groups in total. The first-order valence-corrected chi connectivity index (χ1v) is 6.70. The molecular formula is C16H18N4. The molecule has 20 heavy (non-hydrogen) atoms. The Hall–Kier alpha value is -2.36. The van der Waals surface area contributed by atoms with E-state index in [9.17, 15) is 0 Å². The first-order valence-electron chi connectivity index (χ1n) is 6.70. The highest BCUT2D eigenvalue weighted by atomic mass is 15.2. The number of nitrogens with zero attached hydrogens (tertiary/aromatic N) is 2. The second-order valence-electron chi connectivity index (χ2n) is 5.28. The molecule has 2 aromatic rings. The molecule has 0 atom stereocenters. The average molecular weight is 266 g/mol. The summed E-state index contributed by atoms with van der Waals surface area (Å²) in [6.45, 7) is 5.61. The zero-order chi connectivity index (χ0) is 14.3. The summed E-state index contributed by atoms with van der Waals surface area (Å²) in [5.41, 5.74) is 12.0. The molecule has 1 aromatic heterocycles. The monoisotopic (exact) mass is 266 g/mol. The summed E-state index contributed by atoms with van der Waals surface area (Å²) in [6.07, 6.45) is 0. The summed E-state index contributed by atoms with van der Waals surface area (Å²) in [5, 5.41) is 7.82. The Morgan fingerprint density at radius 3 is 2.35 bits per heavy atom. The molecule has 4 nitrogen and oxygen atoms in total. The van der Waals surface area contributed by atoms with Crippen molar-refractivity contribution in [1.82, 2.24) is 4.98 Å². The van der Waals surface area contributed by atoms with E-state index in [1.54, 1.807) is 0 Å². The second-order valence-corrected chi connectivity index (χ2v) is 5.28. The van der Waals surface area contributed by atoms with E-state index in [1.165, 1.54) is 11.1 Å².